The van der Waals surface area contributed by atoms with Gasteiger partial charge >= 0.3 is 0 Å². The van der Waals surface area contributed by atoms with Crippen LogP contribution in [0.5, 0.6) is 0 Å². The van der Waals surface area contributed by atoms with Crippen LogP contribution in [0.2, 0.25) is 0 Å². The zero-order chi connectivity index (χ0) is 6.85. The van der Waals surface area contributed by atoms with Crippen molar-refractivity contribution in [2.24, 2.45) is 0 Å². The lowest BCUT2D eigenvalue weighted by Gasteiger charge is -1.91. The molecule has 9 heavy (non-hydrogen) atoms. The van der Waals surface area contributed by atoms with Gasteiger partial charge in [-0.25, -0.2) is 8.78 Å². The van der Waals surface area contributed by atoms with Gasteiger partial charge in [0.25, 0.3) is 0 Å². The second-order valence-electron chi connectivity index (χ2n) is 1.45. The van der Waals surface area contributed by atoms with Crippen LogP contribution in [0.4, 0.5) is 8.78 Å². The highest BCUT2D eigenvalue weighted by atomic mass is 127. The van der Waals surface area contributed by atoms with Gasteiger partial charge in [-0.2, -0.15) is 0 Å². The van der Waals surface area contributed by atoms with Gasteiger partial charge in [0.15, 0.2) is 0 Å². The molecule has 0 unspecified atom stereocenters. The fourth-order valence-corrected chi connectivity index (χ4v) is 0.765. The van der Waals surface area contributed by atoms with Crippen molar-refractivity contribution in [2.45, 2.75) is 0 Å². The quantitative estimate of drug-likeness (QED) is 0.481. The Morgan fingerprint density at radius 2 is 2.11 bits per heavy atom. The van der Waals surface area contributed by atoms with E-state index in [1.165, 1.54) is 12.1 Å². The van der Waals surface area contributed by atoms with Gasteiger partial charge in [-0.15, -0.1) is 0 Å². The van der Waals surface area contributed by atoms with E-state index < -0.39 is 11.6 Å². The van der Waals surface area contributed by atoms with Crippen molar-refractivity contribution in [3.8, 4) is 0 Å². The zero-order valence-electron chi connectivity index (χ0n) is 4.29. The summed E-state index contributed by atoms with van der Waals surface area (Å²) in [6, 6.07) is 4.61. The molecule has 1 aromatic rings. The lowest BCUT2D eigenvalue weighted by Crippen LogP contribution is -1.85. The van der Waals surface area contributed by atoms with Crippen LogP contribution >= 0.6 is 22.6 Å². The minimum atomic E-state index is -0.629. The first kappa shape index (κ1) is 6.92. The molecule has 0 fully saturated rings. The molecule has 0 aliphatic carbocycles. The van der Waals surface area contributed by atoms with Crippen molar-refractivity contribution in [3.05, 3.63) is 33.4 Å². The summed E-state index contributed by atoms with van der Waals surface area (Å²) in [5.41, 5.74) is 0. The monoisotopic (exact) mass is 239 g/mol. The molecule has 0 atom stereocenters. The summed E-state index contributed by atoms with van der Waals surface area (Å²) < 4.78 is 24.6. The van der Waals surface area contributed by atoms with Crippen LogP contribution in [0.1, 0.15) is 0 Å². The minimum Gasteiger partial charge on any atom is -0.206 e. The van der Waals surface area contributed by atoms with E-state index in [4.69, 9.17) is 0 Å². The molecule has 3 heteroatoms. The van der Waals surface area contributed by atoms with E-state index in [2.05, 4.69) is 6.07 Å². The second-order valence-corrected chi connectivity index (χ2v) is 2.53. The van der Waals surface area contributed by atoms with Gasteiger partial charge in [-0.1, -0.05) is 0 Å². The summed E-state index contributed by atoms with van der Waals surface area (Å²) in [5, 5.41) is 0. The summed E-state index contributed by atoms with van der Waals surface area (Å²) in [6.45, 7) is 0. The van der Waals surface area contributed by atoms with Crippen LogP contribution in [0.25, 0.3) is 0 Å². The number of halogens is 3. The third-order valence-electron chi connectivity index (χ3n) is 0.842. The Hall–Kier alpha value is -0.190. The first-order chi connectivity index (χ1) is 4.22. The molecule has 0 heterocycles. The topological polar surface area (TPSA) is 0 Å². The van der Waals surface area contributed by atoms with E-state index in [0.29, 0.717) is 0 Å². The second kappa shape index (κ2) is 2.60. The van der Waals surface area contributed by atoms with Crippen molar-refractivity contribution >= 4 is 22.6 Å². The molecule has 0 nitrogen and oxygen atoms in total. The van der Waals surface area contributed by atoms with Crippen LogP contribution in [0, 0.1) is 21.3 Å². The average molecular weight is 239 g/mol. The van der Waals surface area contributed by atoms with Gasteiger partial charge in [0.1, 0.15) is 11.6 Å². The SMILES string of the molecule is Fc1[c]ccc(F)c1I. The number of hydrogen-bond donors (Lipinski definition) is 0. The van der Waals surface area contributed by atoms with Gasteiger partial charge < -0.3 is 0 Å². The smallest absolute Gasteiger partial charge is 0.147 e. The van der Waals surface area contributed by atoms with E-state index in [9.17, 15) is 8.78 Å². The summed E-state index contributed by atoms with van der Waals surface area (Å²) in [4.78, 5) is 0. The maximum absolute atomic E-state index is 12.3. The minimum absolute atomic E-state index is 0.00454. The Kier molecular flexibility index (Phi) is 2.00. The van der Waals surface area contributed by atoms with Gasteiger partial charge in [0.2, 0.25) is 0 Å². The van der Waals surface area contributed by atoms with Crippen molar-refractivity contribution in [3.63, 3.8) is 0 Å². The number of hydrogen-bond acceptors (Lipinski definition) is 0. The van der Waals surface area contributed by atoms with E-state index in [0.717, 1.165) is 0 Å². The van der Waals surface area contributed by atoms with Crippen molar-refractivity contribution < 1.29 is 8.78 Å². The summed E-state index contributed by atoms with van der Waals surface area (Å²) in [5.74, 6) is -1.16. The molecule has 0 aromatic heterocycles. The molecular formula is C6H2F2I. The number of benzene rings is 1. The Balaban J connectivity index is 3.25. The van der Waals surface area contributed by atoms with Crippen molar-refractivity contribution in [1.29, 1.82) is 0 Å². The molecule has 0 saturated carbocycles. The normalized spacial score (nSPS) is 9.67. The fourth-order valence-electron chi connectivity index (χ4n) is 0.429. The highest BCUT2D eigenvalue weighted by molar-refractivity contribution is 14.1. The third kappa shape index (κ3) is 1.38. The highest BCUT2D eigenvalue weighted by Crippen LogP contribution is 2.12. The van der Waals surface area contributed by atoms with E-state index >= 15 is 0 Å². The van der Waals surface area contributed by atoms with Crippen molar-refractivity contribution in [1.82, 2.24) is 0 Å². The predicted molar refractivity (Wildman–Crippen MR) is 37.9 cm³/mol. The summed E-state index contributed by atoms with van der Waals surface area (Å²) >= 11 is 1.59. The van der Waals surface area contributed by atoms with E-state index in [1.807, 2.05) is 0 Å². The zero-order valence-corrected chi connectivity index (χ0v) is 6.45. The molecule has 1 aromatic carbocycles. The summed E-state index contributed by atoms with van der Waals surface area (Å²) in [7, 11) is 0. The summed E-state index contributed by atoms with van der Waals surface area (Å²) in [6.07, 6.45) is 0. The van der Waals surface area contributed by atoms with Gasteiger partial charge in [-0.05, 0) is 34.7 Å². The Morgan fingerprint density at radius 3 is 2.56 bits per heavy atom. The lowest BCUT2D eigenvalue weighted by atomic mass is 10.3. The fraction of sp³-hybridized carbons (Fsp3) is 0. The Labute approximate surface area is 65.0 Å². The van der Waals surface area contributed by atoms with E-state index in [1.54, 1.807) is 22.6 Å². The van der Waals surface area contributed by atoms with Gasteiger partial charge in [-0.3, -0.25) is 0 Å². The Morgan fingerprint density at radius 1 is 1.44 bits per heavy atom. The van der Waals surface area contributed by atoms with Crippen LogP contribution in [0.3, 0.4) is 0 Å². The largest absolute Gasteiger partial charge is 0.206 e. The molecule has 0 bridgehead atoms. The average Bonchev–Trinajstić information content (AvgIpc) is 1.83. The van der Waals surface area contributed by atoms with Crippen LogP contribution in [-0.2, 0) is 0 Å². The lowest BCUT2D eigenvalue weighted by molar-refractivity contribution is 0.569. The van der Waals surface area contributed by atoms with Crippen LogP contribution in [0.15, 0.2) is 12.1 Å². The molecule has 47 valence electrons. The molecule has 0 aliphatic rings. The third-order valence-corrected chi connectivity index (χ3v) is 1.83. The van der Waals surface area contributed by atoms with Crippen LogP contribution < -0.4 is 0 Å². The molecule has 0 aliphatic heterocycles. The maximum atomic E-state index is 12.3. The maximum Gasteiger partial charge on any atom is 0.147 e. The first-order valence-corrected chi connectivity index (χ1v) is 3.31. The van der Waals surface area contributed by atoms with Crippen molar-refractivity contribution in [2.75, 3.05) is 0 Å². The van der Waals surface area contributed by atoms with Gasteiger partial charge in [0.05, 0.1) is 3.57 Å². The molecule has 0 N–H and O–H groups in total. The van der Waals surface area contributed by atoms with Gasteiger partial charge in [0, 0.05) is 6.07 Å². The molecule has 1 radical (unpaired) electrons. The molecular weight excluding hydrogens is 237 g/mol. The predicted octanol–water partition coefficient (Wildman–Crippen LogP) is 2.37. The Bertz CT molecular complexity index is 202. The number of rotatable bonds is 0. The molecule has 0 spiro atoms. The first-order valence-electron chi connectivity index (χ1n) is 2.23. The highest BCUT2D eigenvalue weighted by Gasteiger charge is 2.02. The van der Waals surface area contributed by atoms with Crippen LogP contribution in [-0.4, -0.2) is 0 Å². The molecule has 0 amide bonds. The standard InChI is InChI=1S/C6H2F2I/c7-4-2-1-3-5(8)6(4)9/h1-2H. The van der Waals surface area contributed by atoms with E-state index in [-0.39, 0.29) is 3.57 Å². The molecule has 1 rings (SSSR count). The molecule has 0 saturated heterocycles.